The van der Waals surface area contributed by atoms with Gasteiger partial charge in [-0.2, -0.15) is 26.3 Å². The number of fused-ring (bicyclic) bond motifs is 2. The van der Waals surface area contributed by atoms with E-state index in [2.05, 4.69) is 10.6 Å². The van der Waals surface area contributed by atoms with Crippen LogP contribution < -0.4 is 32.1 Å². The number of nitrogens with one attached hydrogen (secondary N) is 2. The fourth-order valence-electron chi connectivity index (χ4n) is 8.41. The summed E-state index contributed by atoms with van der Waals surface area (Å²) in [5.41, 5.74) is -2.05. The molecule has 0 saturated carbocycles. The molecule has 2 N–H and O–H groups in total. The normalized spacial score (nSPS) is 11.4. The third-order valence-corrected chi connectivity index (χ3v) is 12.8. The summed E-state index contributed by atoms with van der Waals surface area (Å²) in [7, 11) is 0. The number of amides is 2. The number of benzene rings is 6. The summed E-state index contributed by atoms with van der Waals surface area (Å²) in [6.45, 7) is 3.43. The molecule has 2 heterocycles. The van der Waals surface area contributed by atoms with E-state index in [-0.39, 0.29) is 109 Å². The Balaban J connectivity index is 0.000000252. The average Bonchev–Trinajstić information content (AvgIpc) is 3.45. The second-order valence-corrected chi connectivity index (χ2v) is 18.5. The van der Waals surface area contributed by atoms with E-state index in [9.17, 15) is 74.1 Å². The van der Waals surface area contributed by atoms with Gasteiger partial charge in [0.15, 0.2) is 0 Å². The molecule has 12 nitrogen and oxygen atoms in total. The Hall–Kier alpha value is -7.10. The third-order valence-electron chi connectivity index (χ3n) is 12.0. The molecule has 0 radical (unpaired) electrons. The fourth-order valence-corrected chi connectivity index (χ4v) is 8.71. The van der Waals surface area contributed by atoms with Gasteiger partial charge in [-0.1, -0.05) is 71.7 Å². The van der Waals surface area contributed by atoms with Gasteiger partial charge >= 0.3 is 61.3 Å². The molecule has 2 aromatic heterocycles. The van der Waals surface area contributed by atoms with Gasteiger partial charge in [0.25, 0.3) is 0 Å². The first-order chi connectivity index (χ1) is 36.7. The molecule has 23 heteroatoms. The molecular weight excluding hydrogens is 1120 g/mol. The number of hydrogen-bond acceptors (Lipinski definition) is 10. The number of aliphatic carboxylic acids is 2. The average molecular weight is 1160 g/mol. The van der Waals surface area contributed by atoms with Crippen molar-refractivity contribution >= 4 is 118 Å². The van der Waals surface area contributed by atoms with E-state index < -0.39 is 94.3 Å². The first-order valence-corrected chi connectivity index (χ1v) is 23.9. The van der Waals surface area contributed by atoms with Gasteiger partial charge in [0, 0.05) is 56.0 Å². The smallest absolute Gasteiger partial charge is 0.550 e. The number of halogens is 10. The molecule has 0 spiro atoms. The van der Waals surface area contributed by atoms with Crippen LogP contribution in [0.15, 0.2) is 128 Å². The Labute approximate surface area is 482 Å². The number of carbonyl (C=O) groups is 4. The van der Waals surface area contributed by atoms with E-state index in [0.29, 0.717) is 54.2 Å². The van der Waals surface area contributed by atoms with E-state index in [1.54, 1.807) is 74.5 Å². The Morgan fingerprint density at radius 2 is 0.911 bits per heavy atom. The van der Waals surface area contributed by atoms with Crippen molar-refractivity contribution in [3.63, 3.8) is 0 Å². The summed E-state index contributed by atoms with van der Waals surface area (Å²) < 4.78 is 118. The van der Waals surface area contributed by atoms with Crippen molar-refractivity contribution in [3.8, 4) is 22.3 Å². The number of carboxylic acids is 2. The first kappa shape index (κ1) is 61.1. The van der Waals surface area contributed by atoms with Gasteiger partial charge in [-0.15, -0.1) is 0 Å². The van der Waals surface area contributed by atoms with Crippen molar-refractivity contribution in [2.75, 3.05) is 10.6 Å². The first-order valence-electron chi connectivity index (χ1n) is 23.1. The predicted molar refractivity (Wildman–Crippen MR) is 275 cm³/mol. The number of carboxylic acid groups (broad SMARTS) is 2. The minimum atomic E-state index is -4.94. The number of anilines is 2. The van der Waals surface area contributed by atoms with E-state index in [1.165, 1.54) is 12.1 Å². The van der Waals surface area contributed by atoms with Crippen molar-refractivity contribution < 1.29 is 73.3 Å². The molecular formula is C56H38CaCl2F8N2O10. The molecule has 0 aliphatic carbocycles. The Bertz CT molecular complexity index is 3580. The quantitative estimate of drug-likeness (QED) is 0.0600. The van der Waals surface area contributed by atoms with Gasteiger partial charge in [0.1, 0.15) is 22.8 Å². The van der Waals surface area contributed by atoms with E-state index in [1.807, 2.05) is 0 Å². The van der Waals surface area contributed by atoms with Crippen LogP contribution >= 0.6 is 23.2 Å². The fraction of sp³-hybridized carbons (Fsp3) is 0.179. The maximum absolute atomic E-state index is 13.5. The van der Waals surface area contributed by atoms with Crippen LogP contribution in [0.2, 0.25) is 10.0 Å². The van der Waals surface area contributed by atoms with Crippen LogP contribution in [0.1, 0.15) is 57.3 Å². The van der Waals surface area contributed by atoms with Gasteiger partial charge in [-0.3, -0.25) is 9.59 Å². The molecule has 8 rings (SSSR count). The van der Waals surface area contributed by atoms with Gasteiger partial charge in [-0.25, -0.2) is 18.4 Å². The van der Waals surface area contributed by atoms with Gasteiger partial charge < -0.3 is 39.3 Å². The summed E-state index contributed by atoms with van der Waals surface area (Å²) in [5, 5.41) is 27.6. The van der Waals surface area contributed by atoms with E-state index in [0.717, 1.165) is 24.3 Å². The zero-order chi connectivity index (χ0) is 57.0. The maximum Gasteiger partial charge on any atom is 2.00 e. The topological polar surface area (TPSA) is 199 Å². The molecule has 0 aliphatic rings. The Morgan fingerprint density at radius 3 is 1.25 bits per heavy atom. The van der Waals surface area contributed by atoms with Crippen LogP contribution in [0.5, 0.6) is 0 Å². The van der Waals surface area contributed by atoms with E-state index >= 15 is 0 Å². The minimum Gasteiger partial charge on any atom is -0.550 e. The number of hydrogen-bond donors (Lipinski definition) is 2. The Morgan fingerprint density at radius 1 is 0.544 bits per heavy atom. The number of aryl methyl sites for hydroxylation is 4. The monoisotopic (exact) mass is 1160 g/mol. The predicted octanol–water partition coefficient (Wildman–Crippen LogP) is 10.5. The molecule has 8 aromatic rings. The minimum absolute atomic E-state index is 0. The molecule has 2 amide bonds. The maximum atomic E-state index is 13.5. The van der Waals surface area contributed by atoms with E-state index in [4.69, 9.17) is 32.0 Å². The molecule has 0 unspecified atom stereocenters. The van der Waals surface area contributed by atoms with Crippen molar-refractivity contribution in [1.29, 1.82) is 0 Å². The molecule has 79 heavy (non-hydrogen) atoms. The molecule has 0 atom stereocenters. The summed E-state index contributed by atoms with van der Waals surface area (Å²) >= 11 is 12.4. The number of alkyl halides is 6. The van der Waals surface area contributed by atoms with Crippen molar-refractivity contribution in [2.24, 2.45) is 0 Å². The van der Waals surface area contributed by atoms with Gasteiger partial charge in [-0.05, 0) is 121 Å². The zero-order valence-electron chi connectivity index (χ0n) is 41.2. The summed E-state index contributed by atoms with van der Waals surface area (Å²) in [5.74, 6) is -6.70. The third kappa shape index (κ3) is 15.2. The zero-order valence-corrected chi connectivity index (χ0v) is 44.9. The van der Waals surface area contributed by atoms with Gasteiger partial charge in [0.05, 0.1) is 46.5 Å². The van der Waals surface area contributed by atoms with Crippen LogP contribution in [-0.4, -0.2) is 61.5 Å². The molecule has 404 valence electrons. The second-order valence-electron chi connectivity index (χ2n) is 17.7. The Kier molecular flexibility index (Phi) is 19.6. The molecule has 0 bridgehead atoms. The number of rotatable bonds is 14. The van der Waals surface area contributed by atoms with Crippen molar-refractivity contribution in [2.45, 2.75) is 64.7 Å². The van der Waals surface area contributed by atoms with Crippen LogP contribution in [0.25, 0.3) is 44.2 Å². The molecule has 0 fully saturated rings. The molecule has 6 aromatic carbocycles. The second kappa shape index (κ2) is 25.3. The van der Waals surface area contributed by atoms with Crippen LogP contribution in [0.3, 0.4) is 0 Å². The molecule has 0 aliphatic heterocycles. The summed E-state index contributed by atoms with van der Waals surface area (Å²) in [6, 6.07) is 23.0. The van der Waals surface area contributed by atoms with Crippen molar-refractivity contribution in [1.82, 2.24) is 0 Å². The summed E-state index contributed by atoms with van der Waals surface area (Å²) in [4.78, 5) is 73.9. The SMILES string of the molecule is Cc1cc2c(-c3cccc(CCC(=O)[O-])c3)c(CC(=O)Nc3ccc(F)cc3C(F)(F)F)c(=O)oc2cc1Cl.Cc1cc2c(-c3cccc(CCC(=O)[O-])c3)c(CC(=O)Nc3ccc(F)cc3C(F)(F)F)c(=O)oc2cc1Cl.[Ca+2]. The number of carbonyl (C=O) groups excluding carboxylic acids is 4. The van der Waals surface area contributed by atoms with Gasteiger partial charge in [0.2, 0.25) is 11.8 Å². The van der Waals surface area contributed by atoms with Crippen LogP contribution in [0.4, 0.5) is 46.5 Å². The molecule has 0 saturated heterocycles. The summed E-state index contributed by atoms with van der Waals surface area (Å²) in [6.07, 6.45) is -11.4. The van der Waals surface area contributed by atoms with Crippen molar-refractivity contribution in [3.05, 3.63) is 196 Å². The van der Waals surface area contributed by atoms with Crippen LogP contribution in [-0.2, 0) is 57.2 Å². The largest absolute Gasteiger partial charge is 2.00 e. The standard InChI is InChI=1S/2C28H20ClF4NO5.Ca/c2*1-14-9-18-23(13-21(14)29)39-27(38)19(26(18)16-4-2-3-15(10-16)5-8-25(36)37)12-24(35)34-22-7-6-17(30)11-20(22)28(31,32)33;/h2*2-4,6-7,9-11,13H,5,8,12H2,1H3,(H,34,35)(H,36,37);/q;;+2/p-2. The van der Waals surface area contributed by atoms with Crippen LogP contribution in [0, 0.1) is 25.5 Å².